The Bertz CT molecular complexity index is 752. The Labute approximate surface area is 155 Å². The number of urea groups is 2. The van der Waals surface area contributed by atoms with Crippen molar-refractivity contribution in [2.75, 3.05) is 0 Å². The van der Waals surface area contributed by atoms with Gasteiger partial charge in [0.15, 0.2) is 0 Å². The van der Waals surface area contributed by atoms with Crippen LogP contribution in [0.3, 0.4) is 0 Å². The van der Waals surface area contributed by atoms with E-state index in [1.165, 1.54) is 0 Å². The molecule has 0 saturated heterocycles. The molecule has 8 N–H and O–H groups in total. The van der Waals surface area contributed by atoms with E-state index in [1.807, 2.05) is 71.5 Å². The molecule has 0 unspecified atom stereocenters. The maximum atomic E-state index is 11.4. The van der Waals surface area contributed by atoms with Crippen molar-refractivity contribution < 1.29 is 9.59 Å². The van der Waals surface area contributed by atoms with E-state index < -0.39 is 12.1 Å². The molecule has 2 aromatic rings. The molecule has 2 rings (SSSR count). The average molecular weight is 368 g/mol. The number of rotatable bonds is 6. The molecule has 2 aromatic carbocycles. The fourth-order valence-electron chi connectivity index (χ4n) is 2.13. The molecule has 140 valence electrons. The van der Waals surface area contributed by atoms with Gasteiger partial charge >= 0.3 is 12.1 Å². The van der Waals surface area contributed by atoms with Crippen molar-refractivity contribution >= 4 is 23.5 Å². The first kappa shape index (κ1) is 19.6. The van der Waals surface area contributed by atoms with Crippen molar-refractivity contribution in [2.24, 2.45) is 21.9 Å². The summed E-state index contributed by atoms with van der Waals surface area (Å²) >= 11 is 0. The second kappa shape index (κ2) is 10.3. The third kappa shape index (κ3) is 6.23. The first-order valence-corrected chi connectivity index (χ1v) is 7.91. The number of nitrogens with one attached hydrogen (secondary N) is 4. The molecule has 0 heterocycles. The molecule has 0 atom stereocenters. The molecule has 10 nitrogen and oxygen atoms in total. The van der Waals surface area contributed by atoms with Crippen LogP contribution in [0.1, 0.15) is 17.5 Å². The summed E-state index contributed by atoms with van der Waals surface area (Å²) < 4.78 is 0. The van der Waals surface area contributed by atoms with Crippen LogP contribution < -0.4 is 33.4 Å². The van der Waals surface area contributed by atoms with E-state index in [2.05, 4.69) is 21.1 Å². The zero-order valence-corrected chi connectivity index (χ0v) is 14.3. The summed E-state index contributed by atoms with van der Waals surface area (Å²) in [5, 5.41) is 8.24. The summed E-state index contributed by atoms with van der Waals surface area (Å²) in [6.45, 7) is 0. The Morgan fingerprint density at radius 1 is 0.704 bits per heavy atom. The second-order valence-corrected chi connectivity index (χ2v) is 5.20. The van der Waals surface area contributed by atoms with E-state index in [9.17, 15) is 9.59 Å². The number of nitrogens with two attached hydrogens (primary N) is 2. The molecule has 0 saturated carbocycles. The minimum atomic E-state index is -0.665. The summed E-state index contributed by atoms with van der Waals surface area (Å²) in [5.74, 6) is 10.1. The highest BCUT2D eigenvalue weighted by molar-refractivity contribution is 6.18. The monoisotopic (exact) mass is 368 g/mol. The molecular weight excluding hydrogens is 348 g/mol. The highest BCUT2D eigenvalue weighted by atomic mass is 16.2. The molecule has 4 amide bonds. The van der Waals surface area contributed by atoms with Crippen molar-refractivity contribution in [1.29, 1.82) is 0 Å². The van der Waals surface area contributed by atoms with Crippen LogP contribution in [0.25, 0.3) is 0 Å². The van der Waals surface area contributed by atoms with Gasteiger partial charge in [-0.2, -0.15) is 10.2 Å². The van der Waals surface area contributed by atoms with Gasteiger partial charge in [-0.15, -0.1) is 0 Å². The van der Waals surface area contributed by atoms with E-state index in [1.54, 1.807) is 0 Å². The molecule has 0 aromatic heterocycles. The zero-order chi connectivity index (χ0) is 19.5. The topological polar surface area (TPSA) is 159 Å². The number of amides is 4. The number of hydrogen-bond donors (Lipinski definition) is 6. The molecule has 27 heavy (non-hydrogen) atoms. The molecule has 0 aliphatic rings. The van der Waals surface area contributed by atoms with E-state index in [-0.39, 0.29) is 6.42 Å². The molecule has 0 spiro atoms. The smallest absolute Gasteiger partial charge is 0.274 e. The van der Waals surface area contributed by atoms with Crippen molar-refractivity contribution in [3.8, 4) is 0 Å². The van der Waals surface area contributed by atoms with Gasteiger partial charge in [0.2, 0.25) is 0 Å². The maximum absolute atomic E-state index is 11.4. The molecule has 0 fully saturated rings. The number of carbonyl (C=O) groups excluding carboxylic acids is 2. The Kier molecular flexibility index (Phi) is 7.45. The van der Waals surface area contributed by atoms with Gasteiger partial charge in [-0.1, -0.05) is 60.7 Å². The van der Waals surface area contributed by atoms with Gasteiger partial charge in [0.1, 0.15) is 0 Å². The maximum Gasteiger partial charge on any atom is 0.349 e. The van der Waals surface area contributed by atoms with Gasteiger partial charge in [-0.05, 0) is 11.1 Å². The van der Waals surface area contributed by atoms with E-state index >= 15 is 0 Å². The van der Waals surface area contributed by atoms with Crippen LogP contribution in [-0.2, 0) is 0 Å². The summed E-state index contributed by atoms with van der Waals surface area (Å²) in [7, 11) is 0. The van der Waals surface area contributed by atoms with Crippen LogP contribution in [-0.4, -0.2) is 23.5 Å². The molecule has 10 heteroatoms. The molecule has 0 radical (unpaired) electrons. The largest absolute Gasteiger partial charge is 0.349 e. The number of hydrogen-bond acceptors (Lipinski definition) is 6. The fourth-order valence-corrected chi connectivity index (χ4v) is 2.13. The van der Waals surface area contributed by atoms with Crippen LogP contribution >= 0.6 is 0 Å². The van der Waals surface area contributed by atoms with Crippen molar-refractivity contribution in [1.82, 2.24) is 21.7 Å². The van der Waals surface area contributed by atoms with Crippen LogP contribution in [0.4, 0.5) is 9.59 Å². The average Bonchev–Trinajstić information content (AvgIpc) is 2.73. The lowest BCUT2D eigenvalue weighted by Gasteiger charge is -2.11. The van der Waals surface area contributed by atoms with Gasteiger partial charge in [-0.3, -0.25) is 10.9 Å². The summed E-state index contributed by atoms with van der Waals surface area (Å²) in [5.41, 5.74) is 11.0. The Hall–Kier alpha value is -3.76. The number of hydrazone groups is 2. The number of hydrazine groups is 2. The van der Waals surface area contributed by atoms with Crippen LogP contribution in [0.15, 0.2) is 70.9 Å². The first-order chi connectivity index (χ1) is 13.1. The first-order valence-electron chi connectivity index (χ1n) is 7.91. The number of benzene rings is 2. The number of nitrogens with zero attached hydrogens (tertiary/aromatic N) is 2. The lowest BCUT2D eigenvalue weighted by atomic mass is 10.0. The van der Waals surface area contributed by atoms with Crippen LogP contribution in [0.2, 0.25) is 0 Å². The summed E-state index contributed by atoms with van der Waals surface area (Å²) in [6, 6.07) is 17.1. The highest BCUT2D eigenvalue weighted by Gasteiger charge is 2.12. The molecule has 0 bridgehead atoms. The van der Waals surface area contributed by atoms with Gasteiger partial charge < -0.3 is 0 Å². The van der Waals surface area contributed by atoms with Crippen molar-refractivity contribution in [2.45, 2.75) is 6.42 Å². The SMILES string of the molecule is NNC(=O)N/N=C(/C/C(=N/NC(=O)NN)c1ccccc1)c1ccccc1. The van der Waals surface area contributed by atoms with Gasteiger partial charge in [-0.25, -0.2) is 32.1 Å². The molecule has 0 aliphatic carbocycles. The zero-order valence-electron chi connectivity index (χ0n) is 14.3. The minimum absolute atomic E-state index is 0.212. The quantitative estimate of drug-likeness (QED) is 0.190. The van der Waals surface area contributed by atoms with Gasteiger partial charge in [0.05, 0.1) is 11.4 Å². The van der Waals surface area contributed by atoms with Gasteiger partial charge in [0.25, 0.3) is 0 Å². The summed E-state index contributed by atoms with van der Waals surface area (Å²) in [4.78, 5) is 22.8. The Morgan fingerprint density at radius 3 is 1.41 bits per heavy atom. The van der Waals surface area contributed by atoms with Crippen LogP contribution in [0, 0.1) is 0 Å². The Morgan fingerprint density at radius 2 is 1.07 bits per heavy atom. The van der Waals surface area contributed by atoms with Crippen molar-refractivity contribution in [3.05, 3.63) is 71.8 Å². The fraction of sp³-hybridized carbons (Fsp3) is 0.0588. The van der Waals surface area contributed by atoms with Crippen LogP contribution in [0.5, 0.6) is 0 Å². The predicted octanol–water partition coefficient (Wildman–Crippen LogP) is 0.531. The normalized spacial score (nSPS) is 11.5. The van der Waals surface area contributed by atoms with Gasteiger partial charge in [0, 0.05) is 6.42 Å². The highest BCUT2D eigenvalue weighted by Crippen LogP contribution is 2.11. The van der Waals surface area contributed by atoms with E-state index in [0.717, 1.165) is 11.1 Å². The van der Waals surface area contributed by atoms with E-state index in [0.29, 0.717) is 11.4 Å². The van der Waals surface area contributed by atoms with Crippen molar-refractivity contribution in [3.63, 3.8) is 0 Å². The lowest BCUT2D eigenvalue weighted by molar-refractivity contribution is 0.241. The third-order valence-corrected chi connectivity index (χ3v) is 3.40. The second-order valence-electron chi connectivity index (χ2n) is 5.20. The number of carbonyl (C=O) groups is 2. The molecular formula is C17H20N8O2. The standard InChI is InChI=1S/C17H20N8O2/c18-20-16(26)24-22-14(12-7-3-1-4-8-12)11-15(23-25-17(27)21-19)13-9-5-2-6-10-13/h1-10H,11,18-19H2,(H2,20,24,26)(H2,21,25,27)/b22-14-,23-15-. The third-order valence-electron chi connectivity index (χ3n) is 3.40. The Balaban J connectivity index is 2.36. The van der Waals surface area contributed by atoms with E-state index in [4.69, 9.17) is 11.7 Å². The minimum Gasteiger partial charge on any atom is -0.274 e. The molecule has 0 aliphatic heterocycles. The predicted molar refractivity (Wildman–Crippen MR) is 102 cm³/mol. The lowest BCUT2D eigenvalue weighted by Crippen LogP contribution is -2.38. The summed E-state index contributed by atoms with van der Waals surface area (Å²) in [6.07, 6.45) is 0.212.